The van der Waals surface area contributed by atoms with Gasteiger partial charge in [0.2, 0.25) is 0 Å². The summed E-state index contributed by atoms with van der Waals surface area (Å²) in [5, 5.41) is 3.20. The van der Waals surface area contributed by atoms with E-state index in [0.717, 1.165) is 11.3 Å². The largest absolute Gasteiger partial charge is 0.389 e. The Morgan fingerprint density at radius 2 is 2.06 bits per heavy atom. The summed E-state index contributed by atoms with van der Waals surface area (Å²) < 4.78 is 11.2. The van der Waals surface area contributed by atoms with Crippen LogP contribution in [-0.2, 0) is 10.8 Å². The standard InChI is InChI=1S/C11H16N2OS2/c1-2-16(14)8-7-13-10-5-3-9(4-6-10)11(12)15/h3-6,13H,2,7-8H2,1H3,(H2,12,15). The lowest BCUT2D eigenvalue weighted by Crippen LogP contribution is -2.12. The average Bonchev–Trinajstić information content (AvgIpc) is 2.29. The summed E-state index contributed by atoms with van der Waals surface area (Å²) in [7, 11) is -0.716. The number of anilines is 1. The fourth-order valence-electron chi connectivity index (χ4n) is 1.21. The molecule has 0 spiro atoms. The molecular weight excluding hydrogens is 240 g/mol. The Hall–Kier alpha value is -0.940. The maximum absolute atomic E-state index is 11.2. The highest BCUT2D eigenvalue weighted by Crippen LogP contribution is 2.08. The van der Waals surface area contributed by atoms with Crippen LogP contribution in [0.25, 0.3) is 0 Å². The number of nitrogens with one attached hydrogen (secondary N) is 1. The van der Waals surface area contributed by atoms with Crippen LogP contribution in [0, 0.1) is 0 Å². The van der Waals surface area contributed by atoms with Gasteiger partial charge in [0, 0.05) is 40.1 Å². The van der Waals surface area contributed by atoms with Crippen LogP contribution in [-0.4, -0.2) is 27.2 Å². The predicted molar refractivity (Wildman–Crippen MR) is 74.4 cm³/mol. The van der Waals surface area contributed by atoms with Gasteiger partial charge in [-0.3, -0.25) is 4.21 Å². The van der Waals surface area contributed by atoms with Crippen LogP contribution in [0.1, 0.15) is 12.5 Å². The first-order valence-corrected chi connectivity index (χ1v) is 7.02. The molecule has 1 aromatic rings. The highest BCUT2D eigenvalue weighted by molar-refractivity contribution is 7.84. The van der Waals surface area contributed by atoms with Gasteiger partial charge in [0.1, 0.15) is 4.99 Å². The molecule has 1 atom stereocenters. The van der Waals surface area contributed by atoms with Crippen molar-refractivity contribution in [1.29, 1.82) is 0 Å². The Kier molecular flexibility index (Phi) is 5.42. The fraction of sp³-hybridized carbons (Fsp3) is 0.364. The van der Waals surface area contributed by atoms with Gasteiger partial charge in [-0.2, -0.15) is 0 Å². The van der Waals surface area contributed by atoms with Crippen molar-refractivity contribution in [2.75, 3.05) is 23.4 Å². The van der Waals surface area contributed by atoms with Gasteiger partial charge in [-0.1, -0.05) is 19.1 Å². The monoisotopic (exact) mass is 256 g/mol. The van der Waals surface area contributed by atoms with E-state index < -0.39 is 10.8 Å². The van der Waals surface area contributed by atoms with Crippen molar-refractivity contribution < 1.29 is 4.21 Å². The summed E-state index contributed by atoms with van der Waals surface area (Å²) >= 11 is 4.86. The predicted octanol–water partition coefficient (Wildman–Crippen LogP) is 1.50. The van der Waals surface area contributed by atoms with Gasteiger partial charge < -0.3 is 11.1 Å². The minimum absolute atomic E-state index is 0.402. The van der Waals surface area contributed by atoms with Crippen molar-refractivity contribution in [3.05, 3.63) is 29.8 Å². The van der Waals surface area contributed by atoms with Gasteiger partial charge in [-0.05, 0) is 24.3 Å². The van der Waals surface area contributed by atoms with Crippen molar-refractivity contribution in [3.8, 4) is 0 Å². The number of hydrogen-bond acceptors (Lipinski definition) is 3. The molecule has 0 aliphatic rings. The van der Waals surface area contributed by atoms with Crippen LogP contribution in [0.2, 0.25) is 0 Å². The van der Waals surface area contributed by atoms with Crippen LogP contribution >= 0.6 is 12.2 Å². The van der Waals surface area contributed by atoms with Crippen LogP contribution in [0.15, 0.2) is 24.3 Å². The van der Waals surface area contributed by atoms with Gasteiger partial charge in [-0.25, -0.2) is 0 Å². The maximum atomic E-state index is 11.2. The van der Waals surface area contributed by atoms with E-state index in [9.17, 15) is 4.21 Å². The molecule has 1 unspecified atom stereocenters. The molecule has 0 saturated carbocycles. The molecule has 3 nitrogen and oxygen atoms in total. The topological polar surface area (TPSA) is 55.1 Å². The number of nitrogens with two attached hydrogens (primary N) is 1. The Balaban J connectivity index is 2.43. The molecule has 16 heavy (non-hydrogen) atoms. The minimum atomic E-state index is -0.716. The lowest BCUT2D eigenvalue weighted by atomic mass is 10.2. The molecule has 0 aliphatic carbocycles. The van der Waals surface area contributed by atoms with E-state index in [4.69, 9.17) is 18.0 Å². The van der Waals surface area contributed by atoms with E-state index in [1.807, 2.05) is 31.2 Å². The Labute approximate surface area is 104 Å². The minimum Gasteiger partial charge on any atom is -0.389 e. The lowest BCUT2D eigenvalue weighted by molar-refractivity contribution is 0.684. The Morgan fingerprint density at radius 1 is 1.44 bits per heavy atom. The van der Waals surface area contributed by atoms with Gasteiger partial charge in [0.05, 0.1) is 0 Å². The second-order valence-corrected chi connectivity index (χ2v) is 5.61. The third-order valence-corrected chi connectivity index (χ3v) is 3.69. The maximum Gasteiger partial charge on any atom is 0.103 e. The number of rotatable bonds is 6. The third-order valence-electron chi connectivity index (χ3n) is 2.15. The molecule has 3 N–H and O–H groups in total. The van der Waals surface area contributed by atoms with Crippen molar-refractivity contribution in [3.63, 3.8) is 0 Å². The summed E-state index contributed by atoms with van der Waals surface area (Å²) in [5.41, 5.74) is 7.35. The molecule has 0 bridgehead atoms. The summed E-state index contributed by atoms with van der Waals surface area (Å²) in [5.74, 6) is 1.38. The first kappa shape index (κ1) is 13.1. The van der Waals surface area contributed by atoms with Gasteiger partial charge >= 0.3 is 0 Å². The van der Waals surface area contributed by atoms with Crippen molar-refractivity contribution in [2.45, 2.75) is 6.92 Å². The summed E-state index contributed by atoms with van der Waals surface area (Å²) in [6, 6.07) is 7.59. The van der Waals surface area contributed by atoms with Gasteiger partial charge in [0.25, 0.3) is 0 Å². The molecular formula is C11H16N2OS2. The smallest absolute Gasteiger partial charge is 0.103 e. The van der Waals surface area contributed by atoms with Crippen LogP contribution < -0.4 is 11.1 Å². The summed E-state index contributed by atoms with van der Waals surface area (Å²) in [6.07, 6.45) is 0. The Morgan fingerprint density at radius 3 is 2.56 bits per heavy atom. The first-order valence-electron chi connectivity index (χ1n) is 5.12. The highest BCUT2D eigenvalue weighted by Gasteiger charge is 1.98. The van der Waals surface area contributed by atoms with Gasteiger partial charge in [-0.15, -0.1) is 0 Å². The van der Waals surface area contributed by atoms with E-state index >= 15 is 0 Å². The van der Waals surface area contributed by atoms with Crippen LogP contribution in [0.3, 0.4) is 0 Å². The molecule has 0 aromatic heterocycles. The van der Waals surface area contributed by atoms with Crippen molar-refractivity contribution >= 4 is 33.7 Å². The van der Waals surface area contributed by atoms with Gasteiger partial charge in [0.15, 0.2) is 0 Å². The van der Waals surface area contributed by atoms with Crippen molar-refractivity contribution in [2.24, 2.45) is 5.73 Å². The molecule has 0 heterocycles. The fourth-order valence-corrected chi connectivity index (χ4v) is 1.96. The molecule has 0 saturated heterocycles. The number of benzene rings is 1. The van der Waals surface area contributed by atoms with Crippen molar-refractivity contribution in [1.82, 2.24) is 0 Å². The molecule has 1 rings (SSSR count). The summed E-state index contributed by atoms with van der Waals surface area (Å²) in [4.78, 5) is 0.402. The second kappa shape index (κ2) is 6.60. The Bertz CT molecular complexity index is 376. The zero-order valence-electron chi connectivity index (χ0n) is 9.23. The summed E-state index contributed by atoms with van der Waals surface area (Å²) in [6.45, 7) is 2.64. The second-order valence-electron chi connectivity index (χ2n) is 3.30. The highest BCUT2D eigenvalue weighted by atomic mass is 32.2. The lowest BCUT2D eigenvalue weighted by Gasteiger charge is -2.06. The van der Waals surface area contributed by atoms with Crippen LogP contribution in [0.5, 0.6) is 0 Å². The molecule has 0 radical (unpaired) electrons. The molecule has 88 valence electrons. The molecule has 0 amide bonds. The van der Waals surface area contributed by atoms with E-state index in [1.54, 1.807) is 0 Å². The van der Waals surface area contributed by atoms with E-state index in [-0.39, 0.29) is 0 Å². The number of thiocarbonyl (C=S) groups is 1. The zero-order chi connectivity index (χ0) is 12.0. The van der Waals surface area contributed by atoms with E-state index in [0.29, 0.717) is 23.0 Å². The molecule has 5 heteroatoms. The normalized spacial score (nSPS) is 12.1. The SMILES string of the molecule is CCS(=O)CCNc1ccc(C(N)=S)cc1. The average molecular weight is 256 g/mol. The molecule has 0 aliphatic heterocycles. The van der Waals surface area contributed by atoms with Crippen LogP contribution in [0.4, 0.5) is 5.69 Å². The molecule has 1 aromatic carbocycles. The third kappa shape index (κ3) is 4.28. The van der Waals surface area contributed by atoms with E-state index in [2.05, 4.69) is 5.32 Å². The first-order chi connectivity index (χ1) is 7.63. The quantitative estimate of drug-likeness (QED) is 0.757. The number of hydrogen-bond donors (Lipinski definition) is 2. The zero-order valence-corrected chi connectivity index (χ0v) is 10.9. The molecule has 0 fully saturated rings. The van der Waals surface area contributed by atoms with E-state index in [1.165, 1.54) is 0 Å².